The maximum atomic E-state index is 11.8. The molecule has 4 amide bonds. The van der Waals surface area contributed by atoms with Crippen LogP contribution in [0.3, 0.4) is 0 Å². The summed E-state index contributed by atoms with van der Waals surface area (Å²) >= 11 is 0. The predicted molar refractivity (Wildman–Crippen MR) is 145 cm³/mol. The van der Waals surface area contributed by atoms with Crippen molar-refractivity contribution in [1.82, 2.24) is 15.5 Å². The number of aryl methyl sites for hydroxylation is 1. The van der Waals surface area contributed by atoms with E-state index in [4.69, 9.17) is 4.74 Å². The molecular formula is C29H39N3O7. The van der Waals surface area contributed by atoms with E-state index in [0.29, 0.717) is 24.3 Å². The number of amides is 4. The number of urea groups is 1. The van der Waals surface area contributed by atoms with Gasteiger partial charge in [0, 0.05) is 25.3 Å². The van der Waals surface area contributed by atoms with Crippen LogP contribution in [-0.2, 0) is 33.9 Å². The number of aromatic hydroxyl groups is 1. The van der Waals surface area contributed by atoms with Crippen LogP contribution in [0.25, 0.3) is 0 Å². The first-order valence-corrected chi connectivity index (χ1v) is 13.5. The van der Waals surface area contributed by atoms with Crippen molar-refractivity contribution < 1.29 is 34.4 Å². The Kier molecular flexibility index (Phi) is 12.4. The molecule has 1 atom stereocenters. The van der Waals surface area contributed by atoms with Gasteiger partial charge in [0.25, 0.3) is 0 Å². The van der Waals surface area contributed by atoms with Crippen LogP contribution in [0.4, 0.5) is 4.79 Å². The third kappa shape index (κ3) is 9.74. The number of hydrogen-bond acceptors (Lipinski definition) is 8. The zero-order valence-corrected chi connectivity index (χ0v) is 22.2. The summed E-state index contributed by atoms with van der Waals surface area (Å²) < 4.78 is 5.75. The van der Waals surface area contributed by atoms with Gasteiger partial charge >= 0.3 is 17.8 Å². The number of unbranched alkanes of at least 4 members (excludes halogenated alkanes) is 4. The van der Waals surface area contributed by atoms with Gasteiger partial charge in [0.2, 0.25) is 0 Å². The first-order chi connectivity index (χ1) is 18.9. The van der Waals surface area contributed by atoms with Gasteiger partial charge in [-0.3, -0.25) is 19.8 Å². The van der Waals surface area contributed by atoms with Crippen molar-refractivity contribution >= 4 is 17.8 Å². The second-order valence-corrected chi connectivity index (χ2v) is 9.72. The Morgan fingerprint density at radius 1 is 0.923 bits per heavy atom. The maximum Gasteiger partial charge on any atom is 0.331 e. The molecule has 0 spiro atoms. The number of ether oxygens (including phenoxy) is 1. The molecule has 5 N–H and O–H groups in total. The molecule has 1 heterocycles. The number of hydrogen-bond donors (Lipinski definition) is 5. The standard InChI is InChI=1S/C29H39N3O7/c33-20-24-17-23(11-12-25(24)34)26(35)18-30-13-4-1-2-5-14-39-15-6-3-8-21-9-7-10-22(16-21)19-32-28(37)27(36)31-29(32)38/h7,9-12,16-17,26,30,33-35H,1-6,8,13-15,18-20H2,(H,31,36,38)/t26-/m0/s1. The lowest BCUT2D eigenvalue weighted by molar-refractivity contribution is -0.140. The number of nitrogens with zero attached hydrogens (tertiary/aromatic N) is 1. The van der Waals surface area contributed by atoms with Crippen LogP contribution in [0.15, 0.2) is 42.5 Å². The van der Waals surface area contributed by atoms with E-state index in [1.807, 2.05) is 29.6 Å². The minimum Gasteiger partial charge on any atom is -0.508 e. The average molecular weight is 542 g/mol. The van der Waals surface area contributed by atoms with Crippen molar-refractivity contribution in [2.45, 2.75) is 64.2 Å². The van der Waals surface area contributed by atoms with E-state index in [1.54, 1.807) is 12.1 Å². The van der Waals surface area contributed by atoms with Crippen LogP contribution in [0.2, 0.25) is 0 Å². The van der Waals surface area contributed by atoms with Gasteiger partial charge in [0.05, 0.1) is 19.3 Å². The molecule has 2 aromatic rings. The number of aliphatic hydroxyl groups excluding tert-OH is 2. The Hall–Kier alpha value is -3.31. The fourth-order valence-electron chi connectivity index (χ4n) is 4.38. The molecule has 0 aromatic heterocycles. The largest absolute Gasteiger partial charge is 0.508 e. The number of benzene rings is 2. The van der Waals surface area contributed by atoms with Crippen LogP contribution in [0.5, 0.6) is 5.75 Å². The second-order valence-electron chi connectivity index (χ2n) is 9.72. The van der Waals surface area contributed by atoms with Gasteiger partial charge in [0.1, 0.15) is 5.75 Å². The highest BCUT2D eigenvalue weighted by Crippen LogP contribution is 2.22. The highest BCUT2D eigenvalue weighted by Gasteiger charge is 2.36. The molecule has 2 aromatic carbocycles. The van der Waals surface area contributed by atoms with Gasteiger partial charge in [-0.05, 0) is 67.5 Å². The van der Waals surface area contributed by atoms with Crippen LogP contribution >= 0.6 is 0 Å². The molecule has 1 aliphatic heterocycles. The van der Waals surface area contributed by atoms with E-state index in [0.717, 1.165) is 74.1 Å². The normalized spacial score (nSPS) is 14.2. The van der Waals surface area contributed by atoms with Gasteiger partial charge in [-0.25, -0.2) is 4.79 Å². The smallest absolute Gasteiger partial charge is 0.331 e. The van der Waals surface area contributed by atoms with Crippen molar-refractivity contribution in [3.05, 3.63) is 64.7 Å². The number of carbonyl (C=O) groups excluding carboxylic acids is 3. The highest BCUT2D eigenvalue weighted by molar-refractivity contribution is 6.44. The van der Waals surface area contributed by atoms with E-state index in [-0.39, 0.29) is 18.9 Å². The lowest BCUT2D eigenvalue weighted by atomic mass is 10.1. The van der Waals surface area contributed by atoms with Crippen molar-refractivity contribution in [3.8, 4) is 5.75 Å². The van der Waals surface area contributed by atoms with Crippen molar-refractivity contribution in [2.75, 3.05) is 26.3 Å². The third-order valence-electron chi connectivity index (χ3n) is 6.63. The number of nitrogens with one attached hydrogen (secondary N) is 2. The summed E-state index contributed by atoms with van der Waals surface area (Å²) in [5, 5.41) is 34.4. The summed E-state index contributed by atoms with van der Waals surface area (Å²) in [5.74, 6) is -1.68. The summed E-state index contributed by atoms with van der Waals surface area (Å²) in [4.78, 5) is 35.7. The molecule has 39 heavy (non-hydrogen) atoms. The Bertz CT molecular complexity index is 1110. The Morgan fingerprint density at radius 2 is 1.67 bits per heavy atom. The lowest BCUT2D eigenvalue weighted by Crippen LogP contribution is -2.30. The SMILES string of the molecule is O=C1NC(=O)N(Cc2cccc(CCCCOCCCCCCNC[C@H](O)c3ccc(O)c(CO)c3)c2)C1=O. The van der Waals surface area contributed by atoms with E-state index in [2.05, 4.69) is 5.32 Å². The van der Waals surface area contributed by atoms with Crippen molar-refractivity contribution in [3.63, 3.8) is 0 Å². The number of rotatable bonds is 18. The molecule has 10 nitrogen and oxygen atoms in total. The number of carbonyl (C=O) groups is 3. The zero-order chi connectivity index (χ0) is 28.0. The average Bonchev–Trinajstić information content (AvgIpc) is 3.17. The molecule has 1 aliphatic rings. The molecule has 1 saturated heterocycles. The summed E-state index contributed by atoms with van der Waals surface area (Å²) in [5.41, 5.74) is 3.00. The van der Waals surface area contributed by atoms with Gasteiger partial charge in [-0.15, -0.1) is 0 Å². The minimum absolute atomic E-state index is 0.0275. The maximum absolute atomic E-state index is 11.8. The molecule has 10 heteroatoms. The number of aliphatic hydroxyl groups is 2. The van der Waals surface area contributed by atoms with E-state index in [9.17, 15) is 29.7 Å². The van der Waals surface area contributed by atoms with Crippen LogP contribution in [-0.4, -0.2) is 64.4 Å². The van der Waals surface area contributed by atoms with Gasteiger partial charge in [-0.1, -0.05) is 43.2 Å². The number of phenols is 1. The van der Waals surface area contributed by atoms with Gasteiger partial charge < -0.3 is 25.4 Å². The molecule has 3 rings (SSSR count). The summed E-state index contributed by atoms with van der Waals surface area (Å²) in [7, 11) is 0. The van der Waals surface area contributed by atoms with E-state index in [1.165, 1.54) is 6.07 Å². The van der Waals surface area contributed by atoms with Crippen LogP contribution in [0, 0.1) is 0 Å². The van der Waals surface area contributed by atoms with Gasteiger partial charge in [0.15, 0.2) is 0 Å². The molecule has 0 aliphatic carbocycles. The Labute approximate surface area is 229 Å². The van der Waals surface area contributed by atoms with Crippen LogP contribution < -0.4 is 10.6 Å². The molecule has 0 unspecified atom stereocenters. The quantitative estimate of drug-likeness (QED) is 0.110. The second kappa shape index (κ2) is 15.9. The fourth-order valence-corrected chi connectivity index (χ4v) is 4.38. The summed E-state index contributed by atoms with van der Waals surface area (Å²) in [6.45, 7) is 2.48. The monoisotopic (exact) mass is 541 g/mol. The molecular weight excluding hydrogens is 502 g/mol. The van der Waals surface area contributed by atoms with Gasteiger partial charge in [-0.2, -0.15) is 0 Å². The Balaban J connectivity index is 1.16. The predicted octanol–water partition coefficient (Wildman–Crippen LogP) is 2.69. The topological polar surface area (TPSA) is 148 Å². The first kappa shape index (κ1) is 30.2. The minimum atomic E-state index is -0.883. The number of imide groups is 2. The zero-order valence-electron chi connectivity index (χ0n) is 22.2. The molecule has 0 saturated carbocycles. The summed E-state index contributed by atoms with van der Waals surface area (Å²) in [6, 6.07) is 11.8. The third-order valence-corrected chi connectivity index (χ3v) is 6.63. The molecule has 212 valence electrons. The van der Waals surface area contributed by atoms with Crippen LogP contribution in [0.1, 0.15) is 66.9 Å². The fraction of sp³-hybridized carbons (Fsp3) is 0.483. The van der Waals surface area contributed by atoms with E-state index < -0.39 is 23.9 Å². The van der Waals surface area contributed by atoms with Crippen molar-refractivity contribution in [2.24, 2.45) is 0 Å². The molecule has 1 fully saturated rings. The summed E-state index contributed by atoms with van der Waals surface area (Å²) in [6.07, 6.45) is 6.26. The van der Waals surface area contributed by atoms with Crippen molar-refractivity contribution in [1.29, 1.82) is 0 Å². The molecule has 0 bridgehead atoms. The highest BCUT2D eigenvalue weighted by atomic mass is 16.5. The lowest BCUT2D eigenvalue weighted by Gasteiger charge is -2.14. The van der Waals surface area contributed by atoms with E-state index >= 15 is 0 Å². The first-order valence-electron chi connectivity index (χ1n) is 13.5. The molecule has 0 radical (unpaired) electrons. The Morgan fingerprint density at radius 3 is 2.41 bits per heavy atom.